The molecule has 1 aromatic heterocycles. The molecule has 7 rings (SSSR count). The van der Waals surface area contributed by atoms with Gasteiger partial charge in [0.05, 0.1) is 22.3 Å². The van der Waals surface area contributed by atoms with E-state index in [2.05, 4.69) is 68.8 Å². The number of aromatic nitrogens is 1. The van der Waals surface area contributed by atoms with Gasteiger partial charge in [0, 0.05) is 79.8 Å². The third-order valence-corrected chi connectivity index (χ3v) is 21.5. The molecule has 586 valence electrons. The minimum absolute atomic E-state index is 0.0111. The number of benzene rings is 4. The quantitative estimate of drug-likeness (QED) is 0.0318. The van der Waals surface area contributed by atoms with Crippen LogP contribution in [-0.2, 0) is 89.8 Å². The number of H-pyrrole nitrogens is 1. The Kier molecular flexibility index (Phi) is 35.1. The predicted octanol–water partition coefficient (Wildman–Crippen LogP) is 0.264. The van der Waals surface area contributed by atoms with Crippen LogP contribution in [-0.4, -0.2) is 206 Å². The van der Waals surface area contributed by atoms with Gasteiger partial charge < -0.3 is 101 Å². The standard InChI is InChI=1S/C74H100IN15O16S2/c1-41(2)79-36-45-23-21-44(22-24-45)33-56-71(102)90-63(42(3)92)73(104)87-57(34-46-25-27-61(93)49(75)31-46)69(100)82-53-19-9-4-5-14-30-78-62(94)28-26-54(67(98)86-58(70(101)85-56)35-47-37-80-51-18-11-10-17-48(47)51)83-68(99)55(32-43-15-7-6-8-16-43)84-65(96)52(20-12-13-29-76)81-64(95)50(77)39-107-108-40-60(74(105)106)89-72(103)59(38-91)88-66(53)97/h6-8,10-11,15-18,21-25,27,31,37,41-42,50,52-60,63,79-80,91-93H,4-5,9,12-14,19-20,26,28-30,32-36,38-40,76-77H2,1-3H3,(H,78,94)(H,81,95)(H,82,100)(H,83,99)(H,84,96)(H,85,101)(H,86,98)(H,87,104)(H,88,97)(H,89,103)(H,90,102)(H,105,106)/t42-,50+,52+,53+,54+,55+,56+,57+,58-,59+,60+,63+/m1/s1. The van der Waals surface area contributed by atoms with Crippen LogP contribution in [0.3, 0.4) is 0 Å². The molecule has 0 unspecified atom stereocenters. The summed E-state index contributed by atoms with van der Waals surface area (Å²) < 4.78 is 0.353. The number of unbranched alkanes of at least 4 members (excludes halogenated alkanes) is 1. The summed E-state index contributed by atoms with van der Waals surface area (Å²) in [5.41, 5.74) is 15.7. The lowest BCUT2D eigenvalue weighted by Crippen LogP contribution is -2.62. The van der Waals surface area contributed by atoms with Crippen LogP contribution in [0.1, 0.15) is 113 Å². The predicted molar refractivity (Wildman–Crippen MR) is 416 cm³/mol. The van der Waals surface area contributed by atoms with E-state index in [0.29, 0.717) is 75.4 Å². The maximum Gasteiger partial charge on any atom is 0.327 e. The van der Waals surface area contributed by atoms with Gasteiger partial charge in [-0.1, -0.05) is 134 Å². The minimum Gasteiger partial charge on any atom is -0.507 e. The maximum atomic E-state index is 15.5. The van der Waals surface area contributed by atoms with Crippen LogP contribution in [0.5, 0.6) is 5.75 Å². The first-order valence-electron chi connectivity index (χ1n) is 36.1. The van der Waals surface area contributed by atoms with Crippen molar-refractivity contribution >= 4 is 126 Å². The molecule has 11 amide bonds. The van der Waals surface area contributed by atoms with E-state index in [9.17, 15) is 58.8 Å². The Morgan fingerprint density at radius 1 is 0.565 bits per heavy atom. The number of carboxylic acids is 1. The highest BCUT2D eigenvalue weighted by Crippen LogP contribution is 2.25. The highest BCUT2D eigenvalue weighted by atomic mass is 127. The number of phenols is 1. The molecule has 5 aromatic rings. The number of aliphatic hydroxyl groups is 2. The number of amides is 11. The number of halogens is 1. The second kappa shape index (κ2) is 43.9. The lowest BCUT2D eigenvalue weighted by Gasteiger charge is -2.29. The molecule has 4 aromatic carbocycles. The molecule has 2 saturated heterocycles. The number of hydrogen-bond donors (Lipinski definition) is 19. The van der Waals surface area contributed by atoms with Crippen molar-refractivity contribution in [2.75, 3.05) is 31.2 Å². The van der Waals surface area contributed by atoms with E-state index >= 15 is 19.2 Å². The molecular weight excluding hydrogens is 1550 g/mol. The normalized spacial score (nSPS) is 24.4. The molecule has 0 radical (unpaired) electrons. The zero-order valence-electron chi connectivity index (χ0n) is 60.5. The second-order valence-corrected chi connectivity index (χ2v) is 30.9. The summed E-state index contributed by atoms with van der Waals surface area (Å²) in [6, 6.07) is 9.74. The van der Waals surface area contributed by atoms with Gasteiger partial charge >= 0.3 is 5.97 Å². The number of aromatic hydroxyl groups is 1. The van der Waals surface area contributed by atoms with Crippen molar-refractivity contribution in [2.24, 2.45) is 11.5 Å². The third-order valence-electron chi connectivity index (χ3n) is 18.2. The molecule has 0 spiro atoms. The molecule has 0 saturated carbocycles. The van der Waals surface area contributed by atoms with Gasteiger partial charge in [-0.2, -0.15) is 0 Å². The minimum atomic E-state index is -1.89. The summed E-state index contributed by atoms with van der Waals surface area (Å²) in [4.78, 5) is 178. The molecule has 2 aliphatic heterocycles. The van der Waals surface area contributed by atoms with Crippen molar-refractivity contribution < 1.29 is 78.0 Å². The molecule has 108 heavy (non-hydrogen) atoms. The van der Waals surface area contributed by atoms with Gasteiger partial charge in [-0.25, -0.2) is 4.79 Å². The molecule has 2 bridgehead atoms. The van der Waals surface area contributed by atoms with Crippen molar-refractivity contribution in [3.63, 3.8) is 0 Å². The Labute approximate surface area is 647 Å². The molecular formula is C74H100IN15O16S2. The molecule has 3 heterocycles. The first-order chi connectivity index (χ1) is 51.7. The Morgan fingerprint density at radius 3 is 1.73 bits per heavy atom. The van der Waals surface area contributed by atoms with Crippen LogP contribution in [0.2, 0.25) is 0 Å². The van der Waals surface area contributed by atoms with Gasteiger partial charge in [0.25, 0.3) is 0 Å². The lowest BCUT2D eigenvalue weighted by molar-refractivity contribution is -0.142. The van der Waals surface area contributed by atoms with E-state index < -0.39 is 150 Å². The van der Waals surface area contributed by atoms with Crippen molar-refractivity contribution in [3.8, 4) is 5.75 Å². The number of carboxylic acid groups (broad SMARTS) is 1. The van der Waals surface area contributed by atoms with E-state index in [1.807, 2.05) is 48.6 Å². The summed E-state index contributed by atoms with van der Waals surface area (Å²) in [5.74, 6) is -12.5. The van der Waals surface area contributed by atoms with Crippen molar-refractivity contribution in [2.45, 2.75) is 196 Å². The zero-order valence-corrected chi connectivity index (χ0v) is 64.3. The fourth-order valence-corrected chi connectivity index (χ4v) is 14.8. The van der Waals surface area contributed by atoms with E-state index in [4.69, 9.17) is 11.5 Å². The topological polar surface area (TPSA) is 498 Å². The number of para-hydroxylation sites is 1. The SMILES string of the molecule is CC(C)NCc1ccc(C[C@@H]2NC(=O)[C@@H](Cc3c[nH]c4ccccc34)NC(=O)[C@@H]3CCC(=O)NCCCCCC[C@H](NC(=O)[C@H](Cc4ccc(O)c(I)c4)NC(=O)[C@H]([C@@H](C)O)NC2=O)C(=O)N[C@@H](CO)C(=O)N[C@H](C(=O)O)CSSC[C@H](N)C(=O)N[C@@H](CCCCN)C(=O)N[C@@H](Cc2ccccc2)C(=O)N3)cc1. The number of aliphatic carboxylic acids is 1. The third kappa shape index (κ3) is 27.6. The number of nitrogens with one attached hydrogen (secondary N) is 13. The molecule has 31 nitrogen and oxygen atoms in total. The van der Waals surface area contributed by atoms with Crippen LogP contribution in [0, 0.1) is 3.57 Å². The summed E-state index contributed by atoms with van der Waals surface area (Å²) in [7, 11) is 1.86. The average Bonchev–Trinajstić information content (AvgIpc) is 1.64. The molecule has 0 aliphatic carbocycles. The lowest BCUT2D eigenvalue weighted by atomic mass is 9.99. The van der Waals surface area contributed by atoms with Crippen LogP contribution < -0.4 is 75.3 Å². The number of carbonyl (C=O) groups is 12. The van der Waals surface area contributed by atoms with Crippen LogP contribution in [0.15, 0.2) is 103 Å². The summed E-state index contributed by atoms with van der Waals surface area (Å²) in [6.07, 6.45) is 0.0483. The zero-order chi connectivity index (χ0) is 78.4. The summed E-state index contributed by atoms with van der Waals surface area (Å²) in [6.45, 7) is 4.90. The van der Waals surface area contributed by atoms with Gasteiger partial charge in [0.15, 0.2) is 0 Å². The monoisotopic (exact) mass is 1650 g/mol. The Balaban J connectivity index is 1.37. The fourth-order valence-electron chi connectivity index (χ4n) is 12.0. The van der Waals surface area contributed by atoms with Crippen molar-refractivity contribution in [1.82, 2.24) is 68.8 Å². The smallest absolute Gasteiger partial charge is 0.327 e. The number of phenolic OH excluding ortho intramolecular Hbond substituents is 1. The van der Waals surface area contributed by atoms with Gasteiger partial charge in [-0.15, -0.1) is 0 Å². The Hall–Kier alpha value is -8.91. The number of fused-ring (bicyclic) bond motifs is 12. The van der Waals surface area contributed by atoms with E-state index in [1.54, 1.807) is 72.9 Å². The molecule has 21 N–H and O–H groups in total. The molecule has 2 fully saturated rings. The number of aliphatic hydroxyl groups excluding tert-OH is 2. The number of nitrogens with two attached hydrogens (primary N) is 2. The highest BCUT2D eigenvalue weighted by molar-refractivity contribution is 14.1. The van der Waals surface area contributed by atoms with Gasteiger partial charge in [0.1, 0.15) is 66.2 Å². The number of aromatic amines is 1. The van der Waals surface area contributed by atoms with Gasteiger partial charge in [0.2, 0.25) is 65.0 Å². The molecule has 34 heteroatoms. The first-order valence-corrected chi connectivity index (χ1v) is 39.7. The number of hydrogen-bond acceptors (Lipinski definition) is 20. The summed E-state index contributed by atoms with van der Waals surface area (Å²) in [5, 5.41) is 76.2. The Bertz CT molecular complexity index is 3900. The molecule has 2 aliphatic rings. The highest BCUT2D eigenvalue weighted by Gasteiger charge is 2.38. The molecule has 12 atom stereocenters. The number of rotatable bonds is 18. The van der Waals surface area contributed by atoms with Gasteiger partial charge in [-0.05, 0) is 121 Å². The van der Waals surface area contributed by atoms with E-state index in [0.717, 1.165) is 27.2 Å². The van der Waals surface area contributed by atoms with Crippen LogP contribution in [0.4, 0.5) is 0 Å². The Morgan fingerprint density at radius 2 is 1.09 bits per heavy atom. The largest absolute Gasteiger partial charge is 0.507 e. The van der Waals surface area contributed by atoms with Gasteiger partial charge in [-0.3, -0.25) is 52.7 Å². The van der Waals surface area contributed by atoms with Crippen molar-refractivity contribution in [3.05, 3.63) is 135 Å². The second-order valence-electron chi connectivity index (χ2n) is 27.1. The first kappa shape index (κ1) is 86.3. The maximum absolute atomic E-state index is 15.5. The van der Waals surface area contributed by atoms with Crippen LogP contribution >= 0.6 is 44.2 Å². The van der Waals surface area contributed by atoms with E-state index in [1.165, 1.54) is 25.1 Å². The van der Waals surface area contributed by atoms with E-state index in [-0.39, 0.29) is 94.2 Å². The van der Waals surface area contributed by atoms with Crippen LogP contribution in [0.25, 0.3) is 10.9 Å². The fraction of sp³-hybridized carbons (Fsp3) is 0.486. The average molecular weight is 1650 g/mol. The summed E-state index contributed by atoms with van der Waals surface area (Å²) >= 11 is 1.86. The number of carbonyl (C=O) groups excluding carboxylic acids is 11. The van der Waals surface area contributed by atoms with Crippen molar-refractivity contribution in [1.29, 1.82) is 0 Å².